The molecule has 2 aromatic carbocycles. The van der Waals surface area contributed by atoms with Crippen LogP contribution in [0.4, 0.5) is 11.4 Å². The van der Waals surface area contributed by atoms with Crippen LogP contribution in [0.25, 0.3) is 0 Å². The number of anilines is 2. The summed E-state index contributed by atoms with van der Waals surface area (Å²) in [6.45, 7) is 1.44. The van der Waals surface area contributed by atoms with Crippen LogP contribution in [-0.2, 0) is 9.59 Å². The van der Waals surface area contributed by atoms with Crippen molar-refractivity contribution >= 4 is 23.2 Å². The number of amides is 2. The van der Waals surface area contributed by atoms with E-state index in [2.05, 4.69) is 26.2 Å². The topological polar surface area (TPSA) is 102 Å². The van der Waals surface area contributed by atoms with Crippen LogP contribution in [0.1, 0.15) is 18.5 Å². The summed E-state index contributed by atoms with van der Waals surface area (Å²) in [7, 11) is 0. The second-order valence-electron chi connectivity index (χ2n) is 5.35. The first-order valence-electron chi connectivity index (χ1n) is 7.59. The molecule has 0 saturated carbocycles. The van der Waals surface area contributed by atoms with Gasteiger partial charge in [0.15, 0.2) is 6.04 Å². The van der Waals surface area contributed by atoms with Crippen molar-refractivity contribution in [3.05, 3.63) is 66.5 Å². The monoisotopic (exact) mass is 336 g/mol. The Labute approximate surface area is 143 Å². The van der Waals surface area contributed by atoms with Crippen LogP contribution < -0.4 is 10.6 Å². The number of nitrogens with one attached hydrogen (secondary N) is 2. The van der Waals surface area contributed by atoms with E-state index in [1.807, 2.05) is 30.3 Å². The van der Waals surface area contributed by atoms with Gasteiger partial charge in [0.25, 0.3) is 5.91 Å². The third-order valence-electron chi connectivity index (χ3n) is 3.47. The molecule has 0 aliphatic carbocycles. The van der Waals surface area contributed by atoms with E-state index in [-0.39, 0.29) is 11.8 Å². The third kappa shape index (κ3) is 4.05. The number of tetrazole rings is 1. The van der Waals surface area contributed by atoms with Gasteiger partial charge in [0.1, 0.15) is 6.33 Å². The third-order valence-corrected chi connectivity index (χ3v) is 3.47. The molecule has 0 unspecified atom stereocenters. The number of benzene rings is 2. The van der Waals surface area contributed by atoms with Crippen LogP contribution in [0.15, 0.2) is 60.9 Å². The van der Waals surface area contributed by atoms with Gasteiger partial charge in [-0.05, 0) is 40.3 Å². The lowest BCUT2D eigenvalue weighted by molar-refractivity contribution is -0.118. The highest BCUT2D eigenvalue weighted by Gasteiger charge is 2.23. The van der Waals surface area contributed by atoms with Crippen molar-refractivity contribution in [2.75, 3.05) is 10.6 Å². The Kier molecular flexibility index (Phi) is 4.79. The zero-order valence-corrected chi connectivity index (χ0v) is 13.5. The standard InChI is InChI=1S/C17H16N6O2/c1-12(24)19-14-7-9-15(10-8-14)20-17(25)16(23-11-18-21-22-23)13-5-3-2-4-6-13/h2-11,16H,1H3,(H,19,24)(H,20,25)/t16-/m1/s1. The predicted molar refractivity (Wildman–Crippen MR) is 91.8 cm³/mol. The Morgan fingerprint density at radius 2 is 1.60 bits per heavy atom. The molecule has 3 aromatic rings. The summed E-state index contributed by atoms with van der Waals surface area (Å²) in [5, 5.41) is 16.6. The SMILES string of the molecule is CC(=O)Nc1ccc(NC(=O)[C@@H](c2ccccc2)n2cnnn2)cc1. The molecule has 2 N–H and O–H groups in total. The summed E-state index contributed by atoms with van der Waals surface area (Å²) in [4.78, 5) is 23.8. The molecule has 8 nitrogen and oxygen atoms in total. The van der Waals surface area contributed by atoms with E-state index < -0.39 is 6.04 Å². The maximum Gasteiger partial charge on any atom is 0.253 e. The molecule has 3 rings (SSSR count). The highest BCUT2D eigenvalue weighted by atomic mass is 16.2. The molecule has 0 aliphatic heterocycles. The first-order valence-corrected chi connectivity index (χ1v) is 7.59. The van der Waals surface area contributed by atoms with E-state index in [1.54, 1.807) is 24.3 Å². The number of rotatable bonds is 5. The van der Waals surface area contributed by atoms with Gasteiger partial charge in [-0.15, -0.1) is 5.10 Å². The zero-order valence-electron chi connectivity index (χ0n) is 13.5. The average Bonchev–Trinajstić information content (AvgIpc) is 3.11. The van der Waals surface area contributed by atoms with E-state index in [1.165, 1.54) is 17.9 Å². The molecular weight excluding hydrogens is 320 g/mol. The predicted octanol–water partition coefficient (Wildman–Crippen LogP) is 1.86. The first kappa shape index (κ1) is 16.3. The summed E-state index contributed by atoms with van der Waals surface area (Å²) in [5.41, 5.74) is 2.03. The van der Waals surface area contributed by atoms with E-state index in [4.69, 9.17) is 0 Å². The van der Waals surface area contributed by atoms with Crippen molar-refractivity contribution in [1.29, 1.82) is 0 Å². The number of nitrogens with zero attached hydrogens (tertiary/aromatic N) is 4. The van der Waals surface area contributed by atoms with Gasteiger partial charge < -0.3 is 10.6 Å². The van der Waals surface area contributed by atoms with Gasteiger partial charge >= 0.3 is 0 Å². The summed E-state index contributed by atoms with van der Waals surface area (Å²) in [5.74, 6) is -0.426. The molecule has 0 bridgehead atoms. The number of hydrogen-bond donors (Lipinski definition) is 2. The fraction of sp³-hybridized carbons (Fsp3) is 0.118. The van der Waals surface area contributed by atoms with Crippen molar-refractivity contribution in [3.63, 3.8) is 0 Å². The molecule has 0 spiro atoms. The van der Waals surface area contributed by atoms with E-state index in [0.717, 1.165) is 5.56 Å². The normalized spacial score (nSPS) is 11.6. The fourth-order valence-electron chi connectivity index (χ4n) is 2.40. The Morgan fingerprint density at radius 3 is 2.16 bits per heavy atom. The van der Waals surface area contributed by atoms with Crippen molar-refractivity contribution in [3.8, 4) is 0 Å². The van der Waals surface area contributed by atoms with Gasteiger partial charge in [0, 0.05) is 18.3 Å². The summed E-state index contributed by atoms with van der Waals surface area (Å²) >= 11 is 0. The minimum atomic E-state index is -0.689. The van der Waals surface area contributed by atoms with Gasteiger partial charge in [-0.2, -0.15) is 0 Å². The van der Waals surface area contributed by atoms with Gasteiger partial charge in [0.05, 0.1) is 0 Å². The lowest BCUT2D eigenvalue weighted by atomic mass is 10.1. The Morgan fingerprint density at radius 1 is 0.960 bits per heavy atom. The molecule has 1 atom stereocenters. The summed E-state index contributed by atoms with van der Waals surface area (Å²) in [6, 6.07) is 15.4. The molecule has 25 heavy (non-hydrogen) atoms. The van der Waals surface area contributed by atoms with Gasteiger partial charge in [0.2, 0.25) is 5.91 Å². The summed E-state index contributed by atoms with van der Waals surface area (Å²) < 4.78 is 1.40. The maximum absolute atomic E-state index is 12.8. The molecule has 8 heteroatoms. The highest BCUT2D eigenvalue weighted by Crippen LogP contribution is 2.20. The smallest absolute Gasteiger partial charge is 0.253 e. The number of aromatic nitrogens is 4. The molecule has 0 saturated heterocycles. The van der Waals surface area contributed by atoms with Crippen LogP contribution in [0.5, 0.6) is 0 Å². The lowest BCUT2D eigenvalue weighted by Gasteiger charge is -2.16. The first-order chi connectivity index (χ1) is 12.1. The minimum absolute atomic E-state index is 0.153. The molecular formula is C17H16N6O2. The second kappa shape index (κ2) is 7.35. The molecule has 1 aromatic heterocycles. The summed E-state index contributed by atoms with van der Waals surface area (Å²) in [6.07, 6.45) is 1.40. The average molecular weight is 336 g/mol. The van der Waals surface area contributed by atoms with Crippen molar-refractivity contribution in [2.45, 2.75) is 13.0 Å². The van der Waals surface area contributed by atoms with E-state index in [0.29, 0.717) is 11.4 Å². The fourth-order valence-corrected chi connectivity index (χ4v) is 2.40. The van der Waals surface area contributed by atoms with Crippen LogP contribution >= 0.6 is 0 Å². The highest BCUT2D eigenvalue weighted by molar-refractivity contribution is 5.96. The van der Waals surface area contributed by atoms with Gasteiger partial charge in [-0.25, -0.2) is 4.68 Å². The Balaban J connectivity index is 1.80. The lowest BCUT2D eigenvalue weighted by Crippen LogP contribution is -2.27. The van der Waals surface area contributed by atoms with Crippen LogP contribution in [0.3, 0.4) is 0 Å². The van der Waals surface area contributed by atoms with Crippen molar-refractivity contribution in [2.24, 2.45) is 0 Å². The van der Waals surface area contributed by atoms with Crippen molar-refractivity contribution < 1.29 is 9.59 Å². The second-order valence-corrected chi connectivity index (χ2v) is 5.35. The van der Waals surface area contributed by atoms with Gasteiger partial charge in [-0.3, -0.25) is 9.59 Å². The van der Waals surface area contributed by atoms with Crippen molar-refractivity contribution in [1.82, 2.24) is 20.2 Å². The zero-order chi connectivity index (χ0) is 17.6. The van der Waals surface area contributed by atoms with Crippen LogP contribution in [0.2, 0.25) is 0 Å². The van der Waals surface area contributed by atoms with E-state index >= 15 is 0 Å². The molecule has 2 amide bonds. The number of hydrogen-bond acceptors (Lipinski definition) is 5. The molecule has 0 aliphatic rings. The minimum Gasteiger partial charge on any atom is -0.326 e. The molecule has 0 fully saturated rings. The number of carbonyl (C=O) groups is 2. The largest absolute Gasteiger partial charge is 0.326 e. The number of carbonyl (C=O) groups excluding carboxylic acids is 2. The molecule has 1 heterocycles. The van der Waals surface area contributed by atoms with Gasteiger partial charge in [-0.1, -0.05) is 30.3 Å². The van der Waals surface area contributed by atoms with Crippen LogP contribution in [-0.4, -0.2) is 32.0 Å². The quantitative estimate of drug-likeness (QED) is 0.740. The Bertz CT molecular complexity index is 847. The molecule has 0 radical (unpaired) electrons. The van der Waals surface area contributed by atoms with E-state index in [9.17, 15) is 9.59 Å². The van der Waals surface area contributed by atoms with Crippen LogP contribution in [0, 0.1) is 0 Å². The maximum atomic E-state index is 12.8. The Hall–Kier alpha value is -3.55. The molecule has 126 valence electrons.